The monoisotopic (exact) mass is 341 g/mol. The van der Waals surface area contributed by atoms with Gasteiger partial charge in [-0.2, -0.15) is 17.9 Å². The number of rotatable bonds is 2. The van der Waals surface area contributed by atoms with E-state index in [0.717, 1.165) is 23.0 Å². The molecule has 0 bridgehead atoms. The minimum atomic E-state index is -4.44. The Bertz CT molecular complexity index is 1060. The van der Waals surface area contributed by atoms with E-state index in [9.17, 15) is 13.2 Å². The lowest BCUT2D eigenvalue weighted by atomic mass is 10.2. The molecule has 0 aliphatic carbocycles. The molecule has 4 aromatic rings. The van der Waals surface area contributed by atoms with Crippen molar-refractivity contribution in [1.82, 2.24) is 25.2 Å². The largest absolute Gasteiger partial charge is 0.416 e. The van der Waals surface area contributed by atoms with Crippen LogP contribution in [0.5, 0.6) is 0 Å². The Hall–Kier alpha value is -3.29. The first-order valence-corrected chi connectivity index (χ1v) is 7.34. The quantitative estimate of drug-likeness (QED) is 0.555. The third-order valence-electron chi connectivity index (χ3n) is 3.72. The average Bonchev–Trinajstić information content (AvgIpc) is 3.10. The molecule has 5 nitrogen and oxygen atoms in total. The van der Waals surface area contributed by atoms with E-state index in [2.05, 4.69) is 20.5 Å². The van der Waals surface area contributed by atoms with Crippen molar-refractivity contribution in [1.29, 1.82) is 0 Å². The first-order valence-electron chi connectivity index (χ1n) is 7.34. The summed E-state index contributed by atoms with van der Waals surface area (Å²) < 4.78 is 40.0. The lowest BCUT2D eigenvalue weighted by Gasteiger charge is -2.09. The summed E-state index contributed by atoms with van der Waals surface area (Å²) in [6.45, 7) is 0. The van der Waals surface area contributed by atoms with E-state index in [0.29, 0.717) is 5.69 Å². The van der Waals surface area contributed by atoms with Crippen LogP contribution in [0.2, 0.25) is 0 Å². The zero-order chi connectivity index (χ0) is 17.4. The molecule has 0 saturated heterocycles. The molecule has 0 aliphatic heterocycles. The van der Waals surface area contributed by atoms with Gasteiger partial charge < -0.3 is 0 Å². The molecule has 0 N–H and O–H groups in total. The fourth-order valence-electron chi connectivity index (χ4n) is 2.53. The second-order valence-electron chi connectivity index (χ2n) is 5.35. The van der Waals surface area contributed by atoms with Gasteiger partial charge in [-0.1, -0.05) is 30.3 Å². The van der Waals surface area contributed by atoms with E-state index in [1.165, 1.54) is 16.8 Å². The SMILES string of the molecule is FC(F)(F)c1cccc(-n2nnnc2-c2ccc3ccccc3n2)c1. The first kappa shape index (κ1) is 15.3. The number of alkyl halides is 3. The van der Waals surface area contributed by atoms with Gasteiger partial charge in [0, 0.05) is 5.39 Å². The molecule has 2 aromatic carbocycles. The van der Waals surface area contributed by atoms with Crippen LogP contribution < -0.4 is 0 Å². The van der Waals surface area contributed by atoms with E-state index in [1.807, 2.05) is 30.3 Å². The third-order valence-corrected chi connectivity index (χ3v) is 3.72. The first-order chi connectivity index (χ1) is 12.0. The van der Waals surface area contributed by atoms with E-state index in [1.54, 1.807) is 6.07 Å². The van der Waals surface area contributed by atoms with Crippen LogP contribution in [0.25, 0.3) is 28.1 Å². The molecule has 8 heteroatoms. The normalized spacial score (nSPS) is 11.8. The zero-order valence-electron chi connectivity index (χ0n) is 12.6. The number of fused-ring (bicyclic) bond motifs is 1. The van der Waals surface area contributed by atoms with Gasteiger partial charge in [-0.3, -0.25) is 0 Å². The maximum absolute atomic E-state index is 12.9. The fourth-order valence-corrected chi connectivity index (χ4v) is 2.53. The molecule has 0 spiro atoms. The molecule has 0 atom stereocenters. The highest BCUT2D eigenvalue weighted by atomic mass is 19.4. The van der Waals surface area contributed by atoms with Crippen molar-refractivity contribution in [2.24, 2.45) is 0 Å². The van der Waals surface area contributed by atoms with Gasteiger partial charge in [0.05, 0.1) is 16.8 Å². The van der Waals surface area contributed by atoms with Crippen LogP contribution in [0, 0.1) is 0 Å². The molecular weight excluding hydrogens is 331 g/mol. The summed E-state index contributed by atoms with van der Waals surface area (Å²) >= 11 is 0. The van der Waals surface area contributed by atoms with Gasteiger partial charge in [0.15, 0.2) is 0 Å². The number of pyridine rings is 1. The predicted octanol–water partition coefficient (Wildman–Crippen LogP) is 3.90. The summed E-state index contributed by atoms with van der Waals surface area (Å²) in [4.78, 5) is 4.49. The molecule has 2 heterocycles. The summed E-state index contributed by atoms with van der Waals surface area (Å²) in [5.41, 5.74) is 0.669. The second kappa shape index (κ2) is 5.66. The predicted molar refractivity (Wildman–Crippen MR) is 84.9 cm³/mol. The van der Waals surface area contributed by atoms with Gasteiger partial charge in [0.1, 0.15) is 5.69 Å². The number of hydrogen-bond donors (Lipinski definition) is 0. The number of tetrazole rings is 1. The molecule has 0 unspecified atom stereocenters. The van der Waals surface area contributed by atoms with Gasteiger partial charge in [0.25, 0.3) is 0 Å². The molecule has 2 aromatic heterocycles. The van der Waals surface area contributed by atoms with Crippen LogP contribution >= 0.6 is 0 Å². The highest BCUT2D eigenvalue weighted by molar-refractivity contribution is 5.80. The van der Waals surface area contributed by atoms with Crippen LogP contribution in [0.4, 0.5) is 13.2 Å². The molecule has 0 aliphatic rings. The van der Waals surface area contributed by atoms with Crippen LogP contribution in [-0.4, -0.2) is 25.2 Å². The van der Waals surface area contributed by atoms with Gasteiger partial charge in [-0.15, -0.1) is 5.10 Å². The summed E-state index contributed by atoms with van der Waals surface area (Å²) in [5, 5.41) is 12.3. The summed E-state index contributed by atoms with van der Waals surface area (Å²) in [5.74, 6) is 0.269. The van der Waals surface area contributed by atoms with Crippen molar-refractivity contribution in [3.63, 3.8) is 0 Å². The van der Waals surface area contributed by atoms with E-state index < -0.39 is 11.7 Å². The van der Waals surface area contributed by atoms with Crippen molar-refractivity contribution in [3.05, 3.63) is 66.2 Å². The number of aromatic nitrogens is 5. The summed E-state index contributed by atoms with van der Waals surface area (Å²) in [6.07, 6.45) is -4.44. The Morgan fingerprint density at radius 2 is 1.72 bits per heavy atom. The molecule has 4 rings (SSSR count). The Morgan fingerprint density at radius 3 is 2.56 bits per heavy atom. The van der Waals surface area contributed by atoms with Crippen LogP contribution in [0.1, 0.15) is 5.56 Å². The van der Waals surface area contributed by atoms with E-state index in [-0.39, 0.29) is 11.5 Å². The molecular formula is C17H10F3N5. The number of para-hydroxylation sites is 1. The smallest absolute Gasteiger partial charge is 0.244 e. The van der Waals surface area contributed by atoms with Crippen molar-refractivity contribution >= 4 is 10.9 Å². The van der Waals surface area contributed by atoms with Crippen LogP contribution in [0.3, 0.4) is 0 Å². The van der Waals surface area contributed by atoms with Gasteiger partial charge in [0.2, 0.25) is 5.82 Å². The van der Waals surface area contributed by atoms with Crippen molar-refractivity contribution in [2.75, 3.05) is 0 Å². The van der Waals surface area contributed by atoms with Crippen LogP contribution in [0.15, 0.2) is 60.7 Å². The number of benzene rings is 2. The van der Waals surface area contributed by atoms with Gasteiger partial charge in [-0.05, 0) is 40.8 Å². The second-order valence-corrected chi connectivity index (χ2v) is 5.35. The van der Waals surface area contributed by atoms with E-state index in [4.69, 9.17) is 0 Å². The Morgan fingerprint density at radius 1 is 0.880 bits per heavy atom. The summed E-state index contributed by atoms with van der Waals surface area (Å²) in [6, 6.07) is 15.9. The van der Waals surface area contributed by atoms with Crippen LogP contribution in [-0.2, 0) is 6.18 Å². The third kappa shape index (κ3) is 2.82. The number of hydrogen-bond acceptors (Lipinski definition) is 4. The Labute approximate surface area is 139 Å². The zero-order valence-corrected chi connectivity index (χ0v) is 12.6. The lowest BCUT2D eigenvalue weighted by molar-refractivity contribution is -0.137. The van der Waals surface area contributed by atoms with Crippen molar-refractivity contribution < 1.29 is 13.2 Å². The highest BCUT2D eigenvalue weighted by Crippen LogP contribution is 2.31. The van der Waals surface area contributed by atoms with Gasteiger partial charge in [-0.25, -0.2) is 4.98 Å². The van der Waals surface area contributed by atoms with Crippen molar-refractivity contribution in [3.8, 4) is 17.2 Å². The van der Waals surface area contributed by atoms with E-state index >= 15 is 0 Å². The molecule has 0 amide bonds. The maximum atomic E-state index is 12.9. The lowest BCUT2D eigenvalue weighted by Crippen LogP contribution is -2.07. The minimum Gasteiger partial charge on any atom is -0.244 e. The topological polar surface area (TPSA) is 56.5 Å². The molecule has 0 saturated carbocycles. The van der Waals surface area contributed by atoms with Gasteiger partial charge >= 0.3 is 6.18 Å². The maximum Gasteiger partial charge on any atom is 0.416 e. The van der Waals surface area contributed by atoms with Crippen molar-refractivity contribution in [2.45, 2.75) is 6.18 Å². The highest BCUT2D eigenvalue weighted by Gasteiger charge is 2.30. The number of halogens is 3. The number of nitrogens with zero attached hydrogens (tertiary/aromatic N) is 5. The Balaban J connectivity index is 1.83. The average molecular weight is 341 g/mol. The Kier molecular flexibility index (Phi) is 3.45. The molecule has 0 fully saturated rings. The standard InChI is InChI=1S/C17H10F3N5/c18-17(19,20)12-5-3-6-13(10-12)25-16(22-23-24-25)15-9-8-11-4-1-2-7-14(11)21-15/h1-10H. The molecule has 25 heavy (non-hydrogen) atoms. The molecule has 124 valence electrons. The fraction of sp³-hybridized carbons (Fsp3) is 0.0588. The minimum absolute atomic E-state index is 0.213. The summed E-state index contributed by atoms with van der Waals surface area (Å²) in [7, 11) is 0. The molecule has 0 radical (unpaired) electrons.